The van der Waals surface area contributed by atoms with Gasteiger partial charge in [0.05, 0.1) is 28.8 Å². The lowest BCUT2D eigenvalue weighted by Crippen LogP contribution is -2.48. The Labute approximate surface area is 164 Å². The first-order valence-electron chi connectivity index (χ1n) is 8.95. The molecule has 1 saturated heterocycles. The molecule has 144 valence electrons. The number of rotatable bonds is 3. The number of sulfonamides is 1. The third kappa shape index (κ3) is 3.72. The minimum absolute atomic E-state index is 0.234. The molecule has 0 N–H and O–H groups in total. The predicted octanol–water partition coefficient (Wildman–Crippen LogP) is 3.01. The average Bonchev–Trinajstić information content (AvgIpc) is 2.93. The van der Waals surface area contributed by atoms with Crippen LogP contribution < -0.4 is 14.4 Å². The largest absolute Gasteiger partial charge is 0.490 e. The molecule has 2 aliphatic heterocycles. The van der Waals surface area contributed by atoms with E-state index in [2.05, 4.69) is 4.90 Å². The molecule has 0 aromatic heterocycles. The number of nitrogens with zero attached hydrogens (tertiary/aromatic N) is 2. The van der Waals surface area contributed by atoms with Crippen LogP contribution in [0.1, 0.15) is 6.42 Å². The summed E-state index contributed by atoms with van der Waals surface area (Å²) in [5.74, 6) is 1.08. The number of hydrogen-bond donors (Lipinski definition) is 0. The second kappa shape index (κ2) is 7.58. The summed E-state index contributed by atoms with van der Waals surface area (Å²) in [6.07, 6.45) is 0.779. The fraction of sp³-hybridized carbons (Fsp3) is 0.368. The van der Waals surface area contributed by atoms with Gasteiger partial charge < -0.3 is 14.4 Å². The van der Waals surface area contributed by atoms with E-state index in [-0.39, 0.29) is 4.90 Å². The summed E-state index contributed by atoms with van der Waals surface area (Å²) in [5.41, 5.74) is 0.937. The van der Waals surface area contributed by atoms with Gasteiger partial charge in [-0.15, -0.1) is 0 Å². The van der Waals surface area contributed by atoms with E-state index in [1.165, 1.54) is 4.31 Å². The van der Waals surface area contributed by atoms with E-state index in [4.69, 9.17) is 21.1 Å². The van der Waals surface area contributed by atoms with Crippen LogP contribution in [0.3, 0.4) is 0 Å². The SMILES string of the molecule is O=S(=O)(c1ccc2c(c1)OCCCO2)N1CCN(c2ccccc2Cl)CC1. The zero-order chi connectivity index (χ0) is 18.9. The molecule has 0 spiro atoms. The van der Waals surface area contributed by atoms with Crippen molar-refractivity contribution in [2.24, 2.45) is 0 Å². The summed E-state index contributed by atoms with van der Waals surface area (Å²) in [4.78, 5) is 2.35. The molecular formula is C19H21ClN2O4S. The van der Waals surface area contributed by atoms with Crippen molar-refractivity contribution in [1.82, 2.24) is 4.31 Å². The van der Waals surface area contributed by atoms with Crippen molar-refractivity contribution in [3.05, 3.63) is 47.5 Å². The van der Waals surface area contributed by atoms with Crippen LogP contribution in [0, 0.1) is 0 Å². The minimum Gasteiger partial charge on any atom is -0.490 e. The summed E-state index contributed by atoms with van der Waals surface area (Å²) < 4.78 is 38.8. The molecule has 0 atom stereocenters. The molecule has 8 heteroatoms. The molecule has 4 rings (SSSR count). The van der Waals surface area contributed by atoms with Crippen molar-refractivity contribution in [1.29, 1.82) is 0 Å². The first-order valence-corrected chi connectivity index (χ1v) is 10.8. The second-order valence-corrected chi connectivity index (χ2v) is 8.85. The van der Waals surface area contributed by atoms with Crippen LogP contribution >= 0.6 is 11.6 Å². The fourth-order valence-electron chi connectivity index (χ4n) is 3.33. The highest BCUT2D eigenvalue weighted by atomic mass is 35.5. The van der Waals surface area contributed by atoms with E-state index in [1.807, 2.05) is 24.3 Å². The number of anilines is 1. The van der Waals surface area contributed by atoms with Gasteiger partial charge in [0, 0.05) is 38.7 Å². The van der Waals surface area contributed by atoms with Crippen LogP contribution in [0.15, 0.2) is 47.4 Å². The predicted molar refractivity (Wildman–Crippen MR) is 104 cm³/mol. The van der Waals surface area contributed by atoms with Gasteiger partial charge in [0.25, 0.3) is 0 Å². The summed E-state index contributed by atoms with van der Waals surface area (Å²) in [6.45, 7) is 3.08. The Bertz CT molecular complexity index is 927. The summed E-state index contributed by atoms with van der Waals surface area (Å²) in [5, 5.41) is 0.678. The molecule has 2 heterocycles. The Kier molecular flexibility index (Phi) is 5.16. The molecule has 0 aliphatic carbocycles. The van der Waals surface area contributed by atoms with E-state index < -0.39 is 10.0 Å². The normalized spacial score (nSPS) is 18.2. The van der Waals surface area contributed by atoms with Gasteiger partial charge in [0.2, 0.25) is 10.0 Å². The van der Waals surface area contributed by atoms with E-state index in [0.29, 0.717) is 55.9 Å². The quantitative estimate of drug-likeness (QED) is 0.781. The van der Waals surface area contributed by atoms with Crippen molar-refractivity contribution in [3.63, 3.8) is 0 Å². The highest BCUT2D eigenvalue weighted by Gasteiger charge is 2.30. The van der Waals surface area contributed by atoms with E-state index in [0.717, 1.165) is 12.1 Å². The molecular weight excluding hydrogens is 388 g/mol. The Balaban J connectivity index is 1.51. The number of ether oxygens (including phenoxy) is 2. The molecule has 2 aromatic rings. The molecule has 0 amide bonds. The standard InChI is InChI=1S/C19H21ClN2O4S/c20-16-4-1-2-5-17(16)21-8-10-22(11-9-21)27(23,24)15-6-7-18-19(14-15)26-13-3-12-25-18/h1-2,4-7,14H,3,8-13H2. The second-order valence-electron chi connectivity index (χ2n) is 6.50. The number of piperazine rings is 1. The van der Waals surface area contributed by atoms with Gasteiger partial charge >= 0.3 is 0 Å². The van der Waals surface area contributed by atoms with Crippen LogP contribution in [-0.2, 0) is 10.0 Å². The van der Waals surface area contributed by atoms with Crippen LogP contribution in [0.4, 0.5) is 5.69 Å². The number of fused-ring (bicyclic) bond motifs is 1. The van der Waals surface area contributed by atoms with E-state index in [1.54, 1.807) is 18.2 Å². The molecule has 0 bridgehead atoms. The first-order chi connectivity index (χ1) is 13.1. The molecule has 1 fully saturated rings. The van der Waals surface area contributed by atoms with Crippen molar-refractivity contribution >= 4 is 27.3 Å². The van der Waals surface area contributed by atoms with Gasteiger partial charge in [-0.2, -0.15) is 4.31 Å². The molecule has 0 saturated carbocycles. The van der Waals surface area contributed by atoms with E-state index >= 15 is 0 Å². The van der Waals surface area contributed by atoms with Crippen molar-refractivity contribution in [2.75, 3.05) is 44.3 Å². The highest BCUT2D eigenvalue weighted by molar-refractivity contribution is 7.89. The van der Waals surface area contributed by atoms with Gasteiger partial charge in [-0.25, -0.2) is 8.42 Å². The van der Waals surface area contributed by atoms with Crippen LogP contribution in [0.5, 0.6) is 11.5 Å². The van der Waals surface area contributed by atoms with Gasteiger partial charge in [0.15, 0.2) is 11.5 Å². The van der Waals surface area contributed by atoms with Gasteiger partial charge in [-0.3, -0.25) is 0 Å². The maximum Gasteiger partial charge on any atom is 0.243 e. The number of halogens is 1. The minimum atomic E-state index is -3.59. The third-order valence-corrected chi connectivity index (χ3v) is 7.00. The molecule has 2 aliphatic rings. The third-order valence-electron chi connectivity index (χ3n) is 4.79. The molecule has 6 nitrogen and oxygen atoms in total. The van der Waals surface area contributed by atoms with Crippen molar-refractivity contribution < 1.29 is 17.9 Å². The van der Waals surface area contributed by atoms with Crippen LogP contribution in [0.25, 0.3) is 0 Å². The summed E-state index contributed by atoms with van der Waals surface area (Å²) in [7, 11) is -3.59. The highest BCUT2D eigenvalue weighted by Crippen LogP contribution is 2.33. The lowest BCUT2D eigenvalue weighted by atomic mass is 10.2. The van der Waals surface area contributed by atoms with Crippen molar-refractivity contribution in [2.45, 2.75) is 11.3 Å². The van der Waals surface area contributed by atoms with Gasteiger partial charge in [-0.1, -0.05) is 23.7 Å². The Hall–Kier alpha value is -1.96. The molecule has 0 radical (unpaired) electrons. The Morgan fingerprint density at radius 3 is 2.33 bits per heavy atom. The summed E-state index contributed by atoms with van der Waals surface area (Å²) >= 11 is 6.26. The zero-order valence-electron chi connectivity index (χ0n) is 14.8. The lowest BCUT2D eigenvalue weighted by molar-refractivity contribution is 0.296. The number of benzene rings is 2. The van der Waals surface area contributed by atoms with Crippen LogP contribution in [-0.4, -0.2) is 52.1 Å². The number of para-hydroxylation sites is 1. The molecule has 0 unspecified atom stereocenters. The zero-order valence-corrected chi connectivity index (χ0v) is 16.4. The maximum atomic E-state index is 13.1. The maximum absolute atomic E-state index is 13.1. The Morgan fingerprint density at radius 1 is 0.889 bits per heavy atom. The fourth-order valence-corrected chi connectivity index (χ4v) is 5.02. The van der Waals surface area contributed by atoms with Crippen LogP contribution in [0.2, 0.25) is 5.02 Å². The first kappa shape index (κ1) is 18.4. The molecule has 27 heavy (non-hydrogen) atoms. The molecule has 2 aromatic carbocycles. The van der Waals surface area contributed by atoms with Crippen molar-refractivity contribution in [3.8, 4) is 11.5 Å². The Morgan fingerprint density at radius 2 is 1.59 bits per heavy atom. The monoisotopic (exact) mass is 408 g/mol. The van der Waals surface area contributed by atoms with Gasteiger partial charge in [0.1, 0.15) is 0 Å². The van der Waals surface area contributed by atoms with E-state index in [9.17, 15) is 8.42 Å². The topological polar surface area (TPSA) is 59.1 Å². The van der Waals surface area contributed by atoms with Gasteiger partial charge in [-0.05, 0) is 24.3 Å². The lowest BCUT2D eigenvalue weighted by Gasteiger charge is -2.35. The summed E-state index contributed by atoms with van der Waals surface area (Å²) in [6, 6.07) is 12.4. The average molecular weight is 409 g/mol. The number of hydrogen-bond acceptors (Lipinski definition) is 5. The smallest absolute Gasteiger partial charge is 0.243 e.